The van der Waals surface area contributed by atoms with Gasteiger partial charge in [-0.15, -0.1) is 0 Å². The van der Waals surface area contributed by atoms with Crippen molar-refractivity contribution in [2.75, 3.05) is 23.8 Å². The highest BCUT2D eigenvalue weighted by molar-refractivity contribution is 5.68. The van der Waals surface area contributed by atoms with Crippen LogP contribution in [-0.2, 0) is 6.42 Å². The van der Waals surface area contributed by atoms with Crippen LogP contribution >= 0.6 is 0 Å². The third-order valence-corrected chi connectivity index (χ3v) is 3.47. The quantitative estimate of drug-likeness (QED) is 0.938. The molecule has 5 heteroatoms. The van der Waals surface area contributed by atoms with Gasteiger partial charge in [0.25, 0.3) is 0 Å². The van der Waals surface area contributed by atoms with Crippen molar-refractivity contribution < 1.29 is 4.74 Å². The highest BCUT2D eigenvalue weighted by Crippen LogP contribution is 2.35. The summed E-state index contributed by atoms with van der Waals surface area (Å²) >= 11 is 0. The number of benzene rings is 1. The summed E-state index contributed by atoms with van der Waals surface area (Å²) in [5.74, 6) is 3.06. The molecule has 0 spiro atoms. The van der Waals surface area contributed by atoms with E-state index in [1.54, 1.807) is 0 Å². The Kier molecular flexibility index (Phi) is 3.90. The van der Waals surface area contributed by atoms with Gasteiger partial charge < -0.3 is 15.4 Å². The number of fused-ring (bicyclic) bond motifs is 1. The molecule has 0 amide bonds. The molecule has 2 N–H and O–H groups in total. The van der Waals surface area contributed by atoms with Crippen LogP contribution in [0.3, 0.4) is 0 Å². The first-order valence-electron chi connectivity index (χ1n) is 7.40. The van der Waals surface area contributed by atoms with Gasteiger partial charge in [0.1, 0.15) is 23.2 Å². The minimum atomic E-state index is 0.520. The predicted molar refractivity (Wildman–Crippen MR) is 84.0 cm³/mol. The van der Waals surface area contributed by atoms with Crippen molar-refractivity contribution in [3.63, 3.8) is 0 Å². The summed E-state index contributed by atoms with van der Waals surface area (Å²) in [6, 6.07) is 9.88. The number of aromatic nitrogens is 2. The van der Waals surface area contributed by atoms with Gasteiger partial charge in [-0.1, -0.05) is 19.1 Å². The van der Waals surface area contributed by atoms with Crippen LogP contribution < -0.4 is 15.4 Å². The van der Waals surface area contributed by atoms with Crippen LogP contribution in [0.25, 0.3) is 0 Å². The molecule has 0 radical (unpaired) electrons. The lowest BCUT2D eigenvalue weighted by molar-refractivity contribution is 0.322. The number of aryl methyl sites for hydroxylation is 1. The van der Waals surface area contributed by atoms with E-state index in [1.165, 1.54) is 0 Å². The number of nitrogens with zero attached hydrogens (tertiary/aromatic N) is 3. The second-order valence-corrected chi connectivity index (χ2v) is 5.14. The summed E-state index contributed by atoms with van der Waals surface area (Å²) in [6.07, 6.45) is 2.79. The van der Waals surface area contributed by atoms with Gasteiger partial charge in [-0.25, -0.2) is 9.97 Å². The Hall–Kier alpha value is -2.30. The molecule has 110 valence electrons. The molecule has 5 nitrogen and oxygen atoms in total. The van der Waals surface area contributed by atoms with Crippen molar-refractivity contribution in [3.8, 4) is 5.75 Å². The Balaban J connectivity index is 2.03. The molecular formula is C16H20N4O. The Morgan fingerprint density at radius 2 is 2.14 bits per heavy atom. The summed E-state index contributed by atoms with van der Waals surface area (Å²) in [5.41, 5.74) is 6.98. The van der Waals surface area contributed by atoms with E-state index < -0.39 is 0 Å². The maximum Gasteiger partial charge on any atom is 0.142 e. The minimum absolute atomic E-state index is 0.520. The Morgan fingerprint density at radius 1 is 1.29 bits per heavy atom. The molecule has 0 saturated carbocycles. The zero-order chi connectivity index (χ0) is 14.7. The van der Waals surface area contributed by atoms with E-state index >= 15 is 0 Å². The summed E-state index contributed by atoms with van der Waals surface area (Å²) in [5, 5.41) is 0. The van der Waals surface area contributed by atoms with Crippen LogP contribution in [0.4, 0.5) is 17.3 Å². The zero-order valence-corrected chi connectivity index (χ0v) is 12.2. The van der Waals surface area contributed by atoms with E-state index in [4.69, 9.17) is 10.5 Å². The van der Waals surface area contributed by atoms with E-state index in [2.05, 4.69) is 27.9 Å². The maximum absolute atomic E-state index is 5.95. The second-order valence-electron chi connectivity index (χ2n) is 5.14. The molecule has 0 bridgehead atoms. The number of rotatable bonds is 3. The lowest BCUT2D eigenvalue weighted by Gasteiger charge is -2.23. The first kappa shape index (κ1) is 13.7. The lowest BCUT2D eigenvalue weighted by atomic mass is 10.2. The standard InChI is InChI=1S/C16H20N4O/c1-2-6-15-18-14(17)11-16(19-15)20-9-5-10-21-13-8-4-3-7-12(13)20/h3-4,7-8,11H,2,5-6,9-10H2,1H3,(H2,17,18,19). The van der Waals surface area contributed by atoms with Crippen molar-refractivity contribution >= 4 is 17.3 Å². The highest BCUT2D eigenvalue weighted by Gasteiger charge is 2.19. The van der Waals surface area contributed by atoms with Gasteiger partial charge in [-0.3, -0.25) is 0 Å². The molecule has 0 unspecified atom stereocenters. The largest absolute Gasteiger partial charge is 0.491 e. The first-order chi connectivity index (χ1) is 10.3. The zero-order valence-electron chi connectivity index (χ0n) is 12.2. The average Bonchev–Trinajstić information content (AvgIpc) is 2.69. The van der Waals surface area contributed by atoms with E-state index in [1.807, 2.05) is 24.3 Å². The lowest BCUT2D eigenvalue weighted by Crippen LogP contribution is -2.20. The van der Waals surface area contributed by atoms with Crippen LogP contribution in [0.1, 0.15) is 25.6 Å². The molecule has 0 aliphatic carbocycles. The maximum atomic E-state index is 5.95. The van der Waals surface area contributed by atoms with E-state index in [0.717, 1.165) is 55.5 Å². The second kappa shape index (κ2) is 5.99. The van der Waals surface area contributed by atoms with Gasteiger partial charge in [-0.2, -0.15) is 0 Å². The van der Waals surface area contributed by atoms with Crippen LogP contribution in [-0.4, -0.2) is 23.1 Å². The SMILES string of the molecule is CCCc1nc(N)cc(N2CCCOc3ccccc32)n1. The third-order valence-electron chi connectivity index (χ3n) is 3.47. The fourth-order valence-electron chi connectivity index (χ4n) is 2.54. The fourth-order valence-corrected chi connectivity index (χ4v) is 2.54. The molecule has 1 aliphatic heterocycles. The number of nitrogens with two attached hydrogens (primary N) is 1. The minimum Gasteiger partial charge on any atom is -0.491 e. The molecular weight excluding hydrogens is 264 g/mol. The number of ether oxygens (including phenoxy) is 1. The fraction of sp³-hybridized carbons (Fsp3) is 0.375. The highest BCUT2D eigenvalue weighted by atomic mass is 16.5. The topological polar surface area (TPSA) is 64.3 Å². The van der Waals surface area contributed by atoms with Crippen molar-refractivity contribution in [1.82, 2.24) is 9.97 Å². The number of nitrogen functional groups attached to an aromatic ring is 1. The van der Waals surface area contributed by atoms with Gasteiger partial charge >= 0.3 is 0 Å². The number of hydrogen-bond donors (Lipinski definition) is 1. The molecule has 3 rings (SSSR count). The Morgan fingerprint density at radius 3 is 3.00 bits per heavy atom. The Labute approximate surface area is 124 Å². The van der Waals surface area contributed by atoms with Crippen molar-refractivity contribution in [3.05, 3.63) is 36.2 Å². The molecule has 1 aromatic heterocycles. The molecule has 0 atom stereocenters. The van der Waals surface area contributed by atoms with Crippen molar-refractivity contribution in [1.29, 1.82) is 0 Å². The van der Waals surface area contributed by atoms with Gasteiger partial charge in [-0.05, 0) is 25.0 Å². The molecule has 2 aromatic rings. The third kappa shape index (κ3) is 2.91. The summed E-state index contributed by atoms with van der Waals surface area (Å²) in [7, 11) is 0. The first-order valence-corrected chi connectivity index (χ1v) is 7.40. The van der Waals surface area contributed by atoms with E-state index in [-0.39, 0.29) is 0 Å². The van der Waals surface area contributed by atoms with Gasteiger partial charge in [0, 0.05) is 19.0 Å². The van der Waals surface area contributed by atoms with Crippen LogP contribution in [0.15, 0.2) is 30.3 Å². The van der Waals surface area contributed by atoms with Gasteiger partial charge in [0.2, 0.25) is 0 Å². The number of para-hydroxylation sites is 2. The van der Waals surface area contributed by atoms with Crippen LogP contribution in [0, 0.1) is 0 Å². The molecule has 1 aromatic carbocycles. The average molecular weight is 284 g/mol. The van der Waals surface area contributed by atoms with Crippen LogP contribution in [0.2, 0.25) is 0 Å². The molecule has 2 heterocycles. The van der Waals surface area contributed by atoms with Crippen molar-refractivity contribution in [2.45, 2.75) is 26.2 Å². The monoisotopic (exact) mass is 284 g/mol. The molecule has 1 aliphatic rings. The van der Waals surface area contributed by atoms with E-state index in [0.29, 0.717) is 5.82 Å². The number of anilines is 3. The predicted octanol–water partition coefficient (Wildman–Crippen LogP) is 2.93. The van der Waals surface area contributed by atoms with Crippen molar-refractivity contribution in [2.24, 2.45) is 0 Å². The van der Waals surface area contributed by atoms with Gasteiger partial charge in [0.05, 0.1) is 12.3 Å². The smallest absolute Gasteiger partial charge is 0.142 e. The summed E-state index contributed by atoms with van der Waals surface area (Å²) in [4.78, 5) is 11.1. The van der Waals surface area contributed by atoms with Crippen LogP contribution in [0.5, 0.6) is 5.75 Å². The van der Waals surface area contributed by atoms with Gasteiger partial charge in [0.15, 0.2) is 0 Å². The Bertz CT molecular complexity index is 629. The molecule has 21 heavy (non-hydrogen) atoms. The molecule has 0 saturated heterocycles. The number of hydrogen-bond acceptors (Lipinski definition) is 5. The van der Waals surface area contributed by atoms with E-state index in [9.17, 15) is 0 Å². The molecule has 0 fully saturated rings. The summed E-state index contributed by atoms with van der Waals surface area (Å²) < 4.78 is 5.79. The summed E-state index contributed by atoms with van der Waals surface area (Å²) in [6.45, 7) is 3.69. The normalized spacial score (nSPS) is 14.2.